The fourth-order valence-corrected chi connectivity index (χ4v) is 3.44. The Bertz CT molecular complexity index is 693. The lowest BCUT2D eigenvalue weighted by atomic mass is 10.1. The van der Waals surface area contributed by atoms with Crippen molar-refractivity contribution in [2.45, 2.75) is 13.5 Å². The van der Waals surface area contributed by atoms with E-state index in [9.17, 15) is 0 Å². The van der Waals surface area contributed by atoms with Crippen molar-refractivity contribution in [3.8, 4) is 5.75 Å². The van der Waals surface area contributed by atoms with Crippen LogP contribution in [0.25, 0.3) is 0 Å². The molecule has 1 aromatic carbocycles. The van der Waals surface area contributed by atoms with Gasteiger partial charge in [-0.1, -0.05) is 12.1 Å². The maximum Gasteiger partial charge on any atom is 0.191 e. The number of aryl methyl sites for hydroxylation is 1. The molecule has 6 nitrogen and oxygen atoms in total. The van der Waals surface area contributed by atoms with Gasteiger partial charge in [0.25, 0.3) is 0 Å². The van der Waals surface area contributed by atoms with Gasteiger partial charge in [0, 0.05) is 43.3 Å². The van der Waals surface area contributed by atoms with Gasteiger partial charge in [0.05, 0.1) is 13.7 Å². The number of benzene rings is 1. The van der Waals surface area contributed by atoms with Crippen LogP contribution in [0, 0.1) is 6.92 Å². The van der Waals surface area contributed by atoms with Gasteiger partial charge in [-0.2, -0.15) is 0 Å². The number of hydrogen-bond donors (Lipinski definition) is 1. The highest BCUT2D eigenvalue weighted by molar-refractivity contribution is 7.13. The first kappa shape index (κ1) is 16.6. The zero-order valence-corrected chi connectivity index (χ0v) is 14.9. The Balaban J connectivity index is 1.59. The van der Waals surface area contributed by atoms with E-state index < -0.39 is 0 Å². The highest BCUT2D eigenvalue weighted by Gasteiger charge is 2.19. The van der Waals surface area contributed by atoms with Crippen molar-refractivity contribution in [2.24, 2.45) is 10.7 Å². The van der Waals surface area contributed by atoms with Crippen molar-refractivity contribution in [3.63, 3.8) is 0 Å². The molecule has 0 bridgehead atoms. The number of hydrogen-bond acceptors (Lipinski definition) is 5. The first-order chi connectivity index (χ1) is 11.7. The highest BCUT2D eigenvalue weighted by atomic mass is 32.1. The summed E-state index contributed by atoms with van der Waals surface area (Å²) >= 11 is 1.67. The Labute approximate surface area is 146 Å². The lowest BCUT2D eigenvalue weighted by molar-refractivity contribution is 0.380. The van der Waals surface area contributed by atoms with E-state index in [-0.39, 0.29) is 0 Å². The second-order valence-electron chi connectivity index (χ2n) is 5.78. The number of nitrogens with zero attached hydrogens (tertiary/aromatic N) is 4. The van der Waals surface area contributed by atoms with Crippen molar-refractivity contribution in [3.05, 3.63) is 40.9 Å². The van der Waals surface area contributed by atoms with Crippen LogP contribution in [0.3, 0.4) is 0 Å². The number of methoxy groups -OCH3 is 1. The lowest BCUT2D eigenvalue weighted by Gasteiger charge is -2.35. The summed E-state index contributed by atoms with van der Waals surface area (Å²) in [5, 5.41) is 3.08. The van der Waals surface area contributed by atoms with E-state index in [0.29, 0.717) is 12.5 Å². The van der Waals surface area contributed by atoms with E-state index in [1.54, 1.807) is 18.4 Å². The molecule has 0 aliphatic carbocycles. The molecular formula is C17H23N5OS. The van der Waals surface area contributed by atoms with Gasteiger partial charge in [0.15, 0.2) is 11.1 Å². The smallest absolute Gasteiger partial charge is 0.191 e. The second kappa shape index (κ2) is 7.53. The SMILES string of the molecule is COc1cc(C)ccc1CN=C(N)N1CCN(c2nccs2)CC1. The van der Waals surface area contributed by atoms with Crippen LogP contribution in [-0.2, 0) is 6.54 Å². The standard InChI is InChI=1S/C17H23N5OS/c1-13-3-4-14(15(11-13)23-2)12-20-16(18)21-6-8-22(9-7-21)17-19-5-10-24-17/h3-5,10-11H,6-9,12H2,1-2H3,(H2,18,20). The minimum absolute atomic E-state index is 0.530. The van der Waals surface area contributed by atoms with Crippen LogP contribution in [0.4, 0.5) is 5.13 Å². The van der Waals surface area contributed by atoms with Gasteiger partial charge in [-0.15, -0.1) is 11.3 Å². The molecule has 0 radical (unpaired) electrons. The van der Waals surface area contributed by atoms with Gasteiger partial charge in [-0.05, 0) is 18.6 Å². The predicted octanol–water partition coefficient (Wildman–Crippen LogP) is 2.10. The molecule has 0 unspecified atom stereocenters. The normalized spacial score (nSPS) is 15.7. The van der Waals surface area contributed by atoms with Gasteiger partial charge in [-0.3, -0.25) is 0 Å². The van der Waals surface area contributed by atoms with Crippen LogP contribution in [0.5, 0.6) is 5.75 Å². The maximum atomic E-state index is 6.19. The third-order valence-electron chi connectivity index (χ3n) is 4.15. The van der Waals surface area contributed by atoms with E-state index in [2.05, 4.69) is 25.8 Å². The Hall–Kier alpha value is -2.28. The molecule has 1 aliphatic heterocycles. The van der Waals surface area contributed by atoms with Crippen LogP contribution in [0.2, 0.25) is 0 Å². The monoisotopic (exact) mass is 345 g/mol. The molecule has 7 heteroatoms. The summed E-state index contributed by atoms with van der Waals surface area (Å²) in [5.74, 6) is 1.46. The molecule has 1 aromatic heterocycles. The summed E-state index contributed by atoms with van der Waals surface area (Å²) in [4.78, 5) is 13.3. The zero-order valence-electron chi connectivity index (χ0n) is 14.1. The predicted molar refractivity (Wildman–Crippen MR) is 99.0 cm³/mol. The number of thiazole rings is 1. The van der Waals surface area contributed by atoms with E-state index >= 15 is 0 Å². The molecule has 24 heavy (non-hydrogen) atoms. The fourth-order valence-electron chi connectivity index (χ4n) is 2.75. The molecule has 2 N–H and O–H groups in total. The minimum atomic E-state index is 0.530. The quantitative estimate of drug-likeness (QED) is 0.679. The molecule has 0 spiro atoms. The average Bonchev–Trinajstić information content (AvgIpc) is 3.15. The molecule has 0 atom stereocenters. The maximum absolute atomic E-state index is 6.19. The largest absolute Gasteiger partial charge is 0.496 e. The summed E-state index contributed by atoms with van der Waals surface area (Å²) < 4.78 is 5.42. The highest BCUT2D eigenvalue weighted by Crippen LogP contribution is 2.21. The summed E-state index contributed by atoms with van der Waals surface area (Å²) in [6, 6.07) is 6.13. The lowest BCUT2D eigenvalue weighted by Crippen LogP contribution is -2.51. The number of rotatable bonds is 4. The number of aromatic nitrogens is 1. The number of guanidine groups is 1. The summed E-state index contributed by atoms with van der Waals surface area (Å²) in [5.41, 5.74) is 8.41. The molecule has 1 aliphatic rings. The van der Waals surface area contributed by atoms with Gasteiger partial charge in [-0.25, -0.2) is 9.98 Å². The topological polar surface area (TPSA) is 67.0 Å². The molecule has 0 amide bonds. The number of anilines is 1. The summed E-state index contributed by atoms with van der Waals surface area (Å²) in [6.45, 7) is 6.13. The Kier molecular flexibility index (Phi) is 5.20. The van der Waals surface area contributed by atoms with Crippen molar-refractivity contribution >= 4 is 22.4 Å². The number of piperazine rings is 1. The van der Waals surface area contributed by atoms with Crippen LogP contribution in [0.15, 0.2) is 34.8 Å². The molecule has 2 heterocycles. The van der Waals surface area contributed by atoms with Gasteiger partial charge in [0.2, 0.25) is 0 Å². The molecular weight excluding hydrogens is 322 g/mol. The number of aliphatic imine (C=N–C) groups is 1. The van der Waals surface area contributed by atoms with Crippen molar-refractivity contribution < 1.29 is 4.74 Å². The second-order valence-corrected chi connectivity index (χ2v) is 6.65. The van der Waals surface area contributed by atoms with E-state index in [0.717, 1.165) is 42.6 Å². The fraction of sp³-hybridized carbons (Fsp3) is 0.412. The number of nitrogens with two attached hydrogens (primary N) is 1. The van der Waals surface area contributed by atoms with Crippen molar-refractivity contribution in [1.29, 1.82) is 0 Å². The average molecular weight is 345 g/mol. The third-order valence-corrected chi connectivity index (χ3v) is 4.98. The van der Waals surface area contributed by atoms with Gasteiger partial charge in [0.1, 0.15) is 5.75 Å². The van der Waals surface area contributed by atoms with E-state index in [1.807, 2.05) is 30.6 Å². The minimum Gasteiger partial charge on any atom is -0.496 e. The van der Waals surface area contributed by atoms with E-state index in [4.69, 9.17) is 10.5 Å². The van der Waals surface area contributed by atoms with Crippen LogP contribution in [-0.4, -0.2) is 49.1 Å². The third kappa shape index (κ3) is 3.79. The van der Waals surface area contributed by atoms with Crippen molar-refractivity contribution in [2.75, 3.05) is 38.2 Å². The molecule has 3 rings (SSSR count). The molecule has 1 fully saturated rings. The Morgan fingerprint density at radius 3 is 2.79 bits per heavy atom. The molecule has 128 valence electrons. The van der Waals surface area contributed by atoms with Gasteiger partial charge >= 0.3 is 0 Å². The number of ether oxygens (including phenoxy) is 1. The summed E-state index contributed by atoms with van der Waals surface area (Å²) in [6.07, 6.45) is 1.84. The van der Waals surface area contributed by atoms with Crippen LogP contribution < -0.4 is 15.4 Å². The van der Waals surface area contributed by atoms with Gasteiger partial charge < -0.3 is 20.3 Å². The Morgan fingerprint density at radius 2 is 2.12 bits per heavy atom. The Morgan fingerprint density at radius 1 is 1.33 bits per heavy atom. The van der Waals surface area contributed by atoms with Crippen LogP contribution in [0.1, 0.15) is 11.1 Å². The van der Waals surface area contributed by atoms with Crippen LogP contribution >= 0.6 is 11.3 Å². The van der Waals surface area contributed by atoms with E-state index in [1.165, 1.54) is 5.56 Å². The first-order valence-corrected chi connectivity index (χ1v) is 8.88. The summed E-state index contributed by atoms with van der Waals surface area (Å²) in [7, 11) is 1.68. The molecule has 1 saturated heterocycles. The molecule has 2 aromatic rings. The van der Waals surface area contributed by atoms with Crippen molar-refractivity contribution in [1.82, 2.24) is 9.88 Å². The first-order valence-electron chi connectivity index (χ1n) is 8.00. The zero-order chi connectivity index (χ0) is 16.9. The molecule has 0 saturated carbocycles.